The monoisotopic (exact) mass is 672 g/mol. The van der Waals surface area contributed by atoms with Gasteiger partial charge in [-0.3, -0.25) is 9.78 Å². The molecule has 47 heavy (non-hydrogen) atoms. The number of aromatic nitrogens is 2. The van der Waals surface area contributed by atoms with Crippen molar-refractivity contribution in [2.75, 3.05) is 41.3 Å². The first-order valence-electron chi connectivity index (χ1n) is 15.8. The number of alkyl halides is 3. The predicted molar refractivity (Wildman–Crippen MR) is 179 cm³/mol. The fourth-order valence-electron chi connectivity index (χ4n) is 6.10. The summed E-state index contributed by atoms with van der Waals surface area (Å²) in [6.45, 7) is 13.9. The highest BCUT2D eigenvalue weighted by molar-refractivity contribution is 6.74. The number of piperidine rings is 1. The number of hydrogen-bond acceptors (Lipinski definition) is 7. The molecule has 1 unspecified atom stereocenters. The van der Waals surface area contributed by atoms with Crippen LogP contribution in [0.1, 0.15) is 44.6 Å². The highest BCUT2D eigenvalue weighted by Crippen LogP contribution is 2.40. The average molecular weight is 673 g/mol. The fraction of sp³-hybridized carbons (Fsp3) is 0.515. The minimum Gasteiger partial charge on any atom is -0.465 e. The second-order valence-corrected chi connectivity index (χ2v) is 18.9. The normalized spacial score (nSPS) is 22.4. The number of carbonyl (C=O) groups is 2. The van der Waals surface area contributed by atoms with E-state index in [4.69, 9.17) is 4.43 Å². The third-order valence-corrected chi connectivity index (χ3v) is 14.2. The Kier molecular flexibility index (Phi) is 9.48. The lowest BCUT2D eigenvalue weighted by Gasteiger charge is -2.48. The first kappa shape index (κ1) is 34.4. The molecule has 3 N–H and O–H groups in total. The minimum atomic E-state index is -4.24. The van der Waals surface area contributed by atoms with Gasteiger partial charge in [-0.2, -0.15) is 13.2 Å². The lowest BCUT2D eigenvalue weighted by atomic mass is 9.92. The maximum Gasteiger partial charge on any atom is 0.405 e. The molecular weight excluding hydrogens is 629 g/mol. The van der Waals surface area contributed by atoms with Crippen molar-refractivity contribution in [3.8, 4) is 0 Å². The summed E-state index contributed by atoms with van der Waals surface area (Å²) in [6, 6.07) is 9.90. The summed E-state index contributed by atoms with van der Waals surface area (Å²) < 4.78 is 46.5. The molecule has 0 saturated carbocycles. The smallest absolute Gasteiger partial charge is 0.405 e. The average Bonchev–Trinajstić information content (AvgIpc) is 3.49. The number of amides is 2. The largest absolute Gasteiger partial charge is 0.465 e. The number of nitrogens with one attached hydrogen (secondary N) is 2. The van der Waals surface area contributed by atoms with Gasteiger partial charge < -0.3 is 30.0 Å². The summed E-state index contributed by atoms with van der Waals surface area (Å²) in [6.07, 6.45) is -2.50. The van der Waals surface area contributed by atoms with Gasteiger partial charge >= 0.3 is 12.3 Å². The second-order valence-electron chi connectivity index (χ2n) is 14.2. The molecule has 2 aliphatic heterocycles. The zero-order valence-electron chi connectivity index (χ0n) is 27.6. The Bertz CT molecular complexity index is 1630. The van der Waals surface area contributed by atoms with Crippen LogP contribution < -0.4 is 20.4 Å². The topological polar surface area (TPSA) is 120 Å². The van der Waals surface area contributed by atoms with Crippen LogP contribution in [0.15, 0.2) is 48.8 Å². The molecule has 2 aromatic heterocycles. The van der Waals surface area contributed by atoms with Crippen molar-refractivity contribution in [2.45, 2.75) is 70.6 Å². The molecule has 0 bridgehead atoms. The van der Waals surface area contributed by atoms with Crippen molar-refractivity contribution in [1.82, 2.24) is 15.3 Å². The van der Waals surface area contributed by atoms with Gasteiger partial charge in [-0.25, -0.2) is 9.78 Å². The van der Waals surface area contributed by atoms with E-state index in [1.807, 2.05) is 11.8 Å². The summed E-state index contributed by atoms with van der Waals surface area (Å²) >= 11 is 0. The molecule has 2 saturated heterocycles. The number of hydrogen-bond donors (Lipinski definition) is 3. The van der Waals surface area contributed by atoms with Crippen LogP contribution >= 0.6 is 0 Å². The summed E-state index contributed by atoms with van der Waals surface area (Å²) in [4.78, 5) is 37.8. The zero-order valence-corrected chi connectivity index (χ0v) is 28.6. The lowest BCUT2D eigenvalue weighted by molar-refractivity contribution is -0.168. The van der Waals surface area contributed by atoms with E-state index in [2.05, 4.69) is 54.5 Å². The number of carbonyl (C=O) groups excluding carboxylic acids is 1. The van der Waals surface area contributed by atoms with E-state index in [9.17, 15) is 27.9 Å². The first-order valence-corrected chi connectivity index (χ1v) is 18.7. The van der Waals surface area contributed by atoms with E-state index in [-0.39, 0.29) is 35.7 Å². The predicted octanol–water partition coefficient (Wildman–Crippen LogP) is 6.75. The van der Waals surface area contributed by atoms with Crippen molar-refractivity contribution >= 4 is 48.3 Å². The number of rotatable bonds is 7. The van der Waals surface area contributed by atoms with Gasteiger partial charge in [-0.05, 0) is 48.8 Å². The quantitative estimate of drug-likeness (QED) is 0.236. The van der Waals surface area contributed by atoms with Gasteiger partial charge in [0.15, 0.2) is 8.32 Å². The van der Waals surface area contributed by atoms with Gasteiger partial charge in [-0.1, -0.05) is 39.8 Å². The first-order chi connectivity index (χ1) is 21.9. The fourth-order valence-corrected chi connectivity index (χ4v) is 7.53. The number of fused-ring (bicyclic) bond motifs is 1. The summed E-state index contributed by atoms with van der Waals surface area (Å²) in [5.41, 5.74) is 2.38. The molecule has 1 aromatic carbocycles. The minimum absolute atomic E-state index is 0.0372. The molecule has 2 fully saturated rings. The number of anilines is 3. The van der Waals surface area contributed by atoms with Gasteiger partial charge in [0.2, 0.25) is 0 Å². The van der Waals surface area contributed by atoms with Gasteiger partial charge in [0, 0.05) is 49.4 Å². The standard InChI is InChI=1S/C33H43F3N6O4Si/c1-20-17-42(19-27(40-31(44)45)29(20)46-47(5,6)32(2,3)4)28-11-13-37-16-26(28)39-30(43)24-10-8-21-7-9-23(15-25(21)38-24)41-14-12-22(18-41)33(34,35)36/h7-11,13,15-16,20,22,27,29,40H,12,14,17-19H2,1-6H3,(H,39,43)(H,44,45)/t20-,22?,27+,29+/m0/s1. The molecule has 5 rings (SSSR count). The van der Waals surface area contributed by atoms with E-state index in [1.165, 1.54) is 0 Å². The SMILES string of the molecule is C[C@H]1CN(c2ccncc2NC(=O)c2ccc3ccc(N4CCC(C(F)(F)F)C4)cc3n2)C[C@@H](NC(=O)O)[C@@H]1O[Si](C)(C)C(C)(C)C. The lowest BCUT2D eigenvalue weighted by Crippen LogP contribution is -2.62. The molecule has 14 heteroatoms. The van der Waals surface area contributed by atoms with Gasteiger partial charge in [0.05, 0.1) is 41.2 Å². The molecule has 2 aliphatic rings. The third kappa shape index (κ3) is 7.64. The Labute approximate surface area is 273 Å². The molecule has 10 nitrogen and oxygen atoms in total. The van der Waals surface area contributed by atoms with Crippen molar-refractivity contribution < 1.29 is 32.3 Å². The maximum absolute atomic E-state index is 13.5. The molecule has 3 aromatic rings. The van der Waals surface area contributed by atoms with Crippen molar-refractivity contribution in [3.63, 3.8) is 0 Å². The molecule has 254 valence electrons. The molecule has 0 spiro atoms. The highest BCUT2D eigenvalue weighted by Gasteiger charge is 2.45. The van der Waals surface area contributed by atoms with Crippen LogP contribution in [0.4, 0.5) is 35.0 Å². The van der Waals surface area contributed by atoms with Crippen LogP contribution in [0.25, 0.3) is 10.9 Å². The van der Waals surface area contributed by atoms with E-state index >= 15 is 0 Å². The maximum atomic E-state index is 13.5. The number of benzene rings is 1. The van der Waals surface area contributed by atoms with E-state index < -0.39 is 38.5 Å². The highest BCUT2D eigenvalue weighted by atomic mass is 28.4. The Hall–Kier alpha value is -3.91. The second kappa shape index (κ2) is 12.9. The Morgan fingerprint density at radius 2 is 1.77 bits per heavy atom. The molecule has 0 radical (unpaired) electrons. The summed E-state index contributed by atoms with van der Waals surface area (Å²) in [5.74, 6) is -1.88. The van der Waals surface area contributed by atoms with Gasteiger partial charge in [-0.15, -0.1) is 0 Å². The van der Waals surface area contributed by atoms with Crippen LogP contribution in [-0.4, -0.2) is 79.9 Å². The Morgan fingerprint density at radius 1 is 1.04 bits per heavy atom. The number of halogens is 3. The number of carboxylic acid groups (broad SMARTS) is 1. The van der Waals surface area contributed by atoms with Gasteiger partial charge in [0.1, 0.15) is 5.69 Å². The van der Waals surface area contributed by atoms with Crippen molar-refractivity contribution in [3.05, 3.63) is 54.5 Å². The Balaban J connectivity index is 1.35. The van der Waals surface area contributed by atoms with Crippen LogP contribution in [0, 0.1) is 11.8 Å². The number of nitrogens with zero attached hydrogens (tertiary/aromatic N) is 4. The molecular formula is C33H43F3N6O4Si. The van der Waals surface area contributed by atoms with Crippen LogP contribution in [0.3, 0.4) is 0 Å². The molecule has 0 aliphatic carbocycles. The molecule has 4 atom stereocenters. The molecule has 4 heterocycles. The van der Waals surface area contributed by atoms with Crippen LogP contribution in [-0.2, 0) is 4.43 Å². The third-order valence-electron chi connectivity index (χ3n) is 9.74. The van der Waals surface area contributed by atoms with Crippen LogP contribution in [0.5, 0.6) is 0 Å². The van der Waals surface area contributed by atoms with Crippen molar-refractivity contribution in [2.24, 2.45) is 11.8 Å². The van der Waals surface area contributed by atoms with Crippen molar-refractivity contribution in [1.29, 1.82) is 0 Å². The summed E-state index contributed by atoms with van der Waals surface area (Å²) in [7, 11) is -2.21. The Morgan fingerprint density at radius 3 is 2.43 bits per heavy atom. The number of pyridine rings is 2. The van der Waals surface area contributed by atoms with E-state index in [1.54, 1.807) is 53.7 Å². The van der Waals surface area contributed by atoms with E-state index in [0.29, 0.717) is 42.2 Å². The summed E-state index contributed by atoms with van der Waals surface area (Å²) in [5, 5.41) is 16.0. The van der Waals surface area contributed by atoms with E-state index in [0.717, 1.165) is 5.39 Å². The van der Waals surface area contributed by atoms with Gasteiger partial charge in [0.25, 0.3) is 5.91 Å². The van der Waals surface area contributed by atoms with Crippen LogP contribution in [0.2, 0.25) is 18.1 Å². The molecule has 2 amide bonds. The zero-order chi connectivity index (χ0) is 34.3.